The van der Waals surface area contributed by atoms with Crippen molar-refractivity contribution in [3.63, 3.8) is 0 Å². The van der Waals surface area contributed by atoms with Gasteiger partial charge in [-0.3, -0.25) is 4.79 Å². The summed E-state index contributed by atoms with van der Waals surface area (Å²) >= 11 is 3.58. The third kappa shape index (κ3) is 3.75. The molecule has 0 aromatic heterocycles. The minimum absolute atomic E-state index is 0.0446. The Bertz CT molecular complexity index is 467. The number of hydrogen-bond acceptors (Lipinski definition) is 1. The Balaban J connectivity index is 2.05. The van der Waals surface area contributed by atoms with Crippen LogP contribution < -0.4 is 5.32 Å². The van der Waals surface area contributed by atoms with Crippen molar-refractivity contribution in [3.8, 4) is 0 Å². The zero-order valence-corrected chi connectivity index (χ0v) is 12.1. The highest BCUT2D eigenvalue weighted by Gasteiger charge is 2.23. The van der Waals surface area contributed by atoms with Crippen LogP contribution in [0.25, 0.3) is 0 Å². The predicted octanol–water partition coefficient (Wildman–Crippen LogP) is 3.79. The highest BCUT2D eigenvalue weighted by Crippen LogP contribution is 2.24. The van der Waals surface area contributed by atoms with E-state index < -0.39 is 11.6 Å². The third-order valence-electron chi connectivity index (χ3n) is 3.43. The summed E-state index contributed by atoms with van der Waals surface area (Å²) in [4.78, 5) is 12.3. The molecule has 1 N–H and O–H groups in total. The van der Waals surface area contributed by atoms with Gasteiger partial charge in [0, 0.05) is 16.4 Å². The van der Waals surface area contributed by atoms with Crippen LogP contribution in [0.1, 0.15) is 42.5 Å². The molecule has 1 fully saturated rings. The minimum Gasteiger partial charge on any atom is -0.348 e. The Morgan fingerprint density at radius 1 is 1.16 bits per heavy atom. The Morgan fingerprint density at radius 2 is 1.89 bits per heavy atom. The van der Waals surface area contributed by atoms with Gasteiger partial charge in [0.2, 0.25) is 0 Å². The highest BCUT2D eigenvalue weighted by atomic mass is 79.9. The zero-order valence-electron chi connectivity index (χ0n) is 10.5. The Hall–Kier alpha value is -0.970. The van der Waals surface area contributed by atoms with Crippen LogP contribution in [0.2, 0.25) is 0 Å². The van der Waals surface area contributed by atoms with Crippen molar-refractivity contribution >= 4 is 21.8 Å². The maximum absolute atomic E-state index is 13.1. The van der Waals surface area contributed by atoms with Gasteiger partial charge in [-0.05, 0) is 31.0 Å². The molecule has 2 atom stereocenters. The van der Waals surface area contributed by atoms with E-state index in [-0.39, 0.29) is 22.3 Å². The van der Waals surface area contributed by atoms with Gasteiger partial charge in [-0.2, -0.15) is 0 Å². The molecule has 19 heavy (non-hydrogen) atoms. The first-order valence-corrected chi connectivity index (χ1v) is 7.39. The van der Waals surface area contributed by atoms with E-state index >= 15 is 0 Å². The number of nitrogens with one attached hydrogen (secondary N) is 1. The Kier molecular flexibility index (Phi) is 4.91. The van der Waals surface area contributed by atoms with Crippen LogP contribution in [0.5, 0.6) is 0 Å². The van der Waals surface area contributed by atoms with E-state index in [1.807, 2.05) is 0 Å². The number of alkyl halides is 1. The second kappa shape index (κ2) is 6.46. The fourth-order valence-electron chi connectivity index (χ4n) is 2.31. The maximum Gasteiger partial charge on any atom is 0.251 e. The summed E-state index contributed by atoms with van der Waals surface area (Å²) in [5.41, 5.74) is 0.155. The first-order valence-electron chi connectivity index (χ1n) is 6.48. The second-order valence-electron chi connectivity index (χ2n) is 4.86. The van der Waals surface area contributed by atoms with Gasteiger partial charge >= 0.3 is 0 Å². The topological polar surface area (TPSA) is 29.1 Å². The molecule has 104 valence electrons. The van der Waals surface area contributed by atoms with E-state index in [2.05, 4.69) is 21.2 Å². The molecule has 1 saturated carbocycles. The van der Waals surface area contributed by atoms with Crippen LogP contribution in [0.3, 0.4) is 0 Å². The third-order valence-corrected chi connectivity index (χ3v) is 4.53. The molecule has 0 heterocycles. The van der Waals surface area contributed by atoms with E-state index in [4.69, 9.17) is 0 Å². The number of rotatable bonds is 2. The standard InChI is InChI=1S/C14H16BrF2NO/c15-10-4-2-1-3-5-13(10)18-14(19)9-6-7-11(16)12(17)8-9/h6-8,10,13H,1-5H2,(H,18,19). The van der Waals surface area contributed by atoms with Crippen molar-refractivity contribution in [2.45, 2.75) is 43.0 Å². The van der Waals surface area contributed by atoms with Gasteiger partial charge < -0.3 is 5.32 Å². The second-order valence-corrected chi connectivity index (χ2v) is 6.04. The fourth-order valence-corrected chi connectivity index (χ4v) is 3.03. The zero-order chi connectivity index (χ0) is 13.8. The molecule has 2 nitrogen and oxygen atoms in total. The minimum atomic E-state index is -0.996. The molecule has 0 aliphatic heterocycles. The van der Waals surface area contributed by atoms with Crippen molar-refractivity contribution in [1.82, 2.24) is 5.32 Å². The summed E-state index contributed by atoms with van der Waals surface area (Å²) in [6.07, 6.45) is 5.31. The fraction of sp³-hybridized carbons (Fsp3) is 0.500. The van der Waals surface area contributed by atoms with Crippen LogP contribution in [-0.4, -0.2) is 16.8 Å². The number of carbonyl (C=O) groups is 1. The van der Waals surface area contributed by atoms with E-state index in [9.17, 15) is 13.6 Å². The quantitative estimate of drug-likeness (QED) is 0.648. The molecule has 1 aromatic rings. The lowest BCUT2D eigenvalue weighted by Gasteiger charge is -2.21. The first kappa shape index (κ1) is 14.4. The van der Waals surface area contributed by atoms with Gasteiger partial charge in [0.05, 0.1) is 0 Å². The first-order chi connectivity index (χ1) is 9.08. The van der Waals surface area contributed by atoms with Gasteiger partial charge in [-0.1, -0.05) is 35.2 Å². The summed E-state index contributed by atoms with van der Waals surface area (Å²) in [6, 6.07) is 3.25. The highest BCUT2D eigenvalue weighted by molar-refractivity contribution is 9.09. The van der Waals surface area contributed by atoms with Gasteiger partial charge in [0.25, 0.3) is 5.91 Å². The summed E-state index contributed by atoms with van der Waals surface area (Å²) in [7, 11) is 0. The lowest BCUT2D eigenvalue weighted by Crippen LogP contribution is -2.40. The number of halogens is 3. The lowest BCUT2D eigenvalue weighted by molar-refractivity contribution is 0.0934. The van der Waals surface area contributed by atoms with E-state index in [0.717, 1.165) is 37.8 Å². The van der Waals surface area contributed by atoms with Crippen LogP contribution in [-0.2, 0) is 0 Å². The molecular formula is C14H16BrF2NO. The largest absolute Gasteiger partial charge is 0.348 e. The number of carbonyl (C=O) groups excluding carboxylic acids is 1. The van der Waals surface area contributed by atoms with Crippen molar-refractivity contribution in [2.75, 3.05) is 0 Å². The lowest BCUT2D eigenvalue weighted by atomic mass is 10.1. The van der Waals surface area contributed by atoms with Crippen LogP contribution in [0.4, 0.5) is 8.78 Å². The monoisotopic (exact) mass is 331 g/mol. The molecule has 0 spiro atoms. The van der Waals surface area contributed by atoms with Crippen molar-refractivity contribution in [2.24, 2.45) is 0 Å². The van der Waals surface area contributed by atoms with E-state index in [1.165, 1.54) is 12.5 Å². The number of hydrogen-bond donors (Lipinski definition) is 1. The van der Waals surface area contributed by atoms with Crippen molar-refractivity contribution in [3.05, 3.63) is 35.4 Å². The Morgan fingerprint density at radius 3 is 2.63 bits per heavy atom. The smallest absolute Gasteiger partial charge is 0.251 e. The molecule has 0 bridgehead atoms. The Labute approximate surface area is 119 Å². The normalized spacial score (nSPS) is 23.7. The molecule has 5 heteroatoms. The molecule has 1 amide bonds. The van der Waals surface area contributed by atoms with E-state index in [0.29, 0.717) is 0 Å². The number of amides is 1. The molecular weight excluding hydrogens is 316 g/mol. The number of benzene rings is 1. The molecule has 1 aliphatic rings. The molecule has 0 radical (unpaired) electrons. The van der Waals surface area contributed by atoms with Crippen LogP contribution in [0.15, 0.2) is 18.2 Å². The SMILES string of the molecule is O=C(NC1CCCCCC1Br)c1ccc(F)c(F)c1. The van der Waals surface area contributed by atoms with Gasteiger partial charge in [-0.25, -0.2) is 8.78 Å². The summed E-state index contributed by atoms with van der Waals surface area (Å²) < 4.78 is 25.9. The summed E-state index contributed by atoms with van der Waals surface area (Å²) in [6.45, 7) is 0. The summed E-state index contributed by atoms with van der Waals surface area (Å²) in [5, 5.41) is 2.90. The van der Waals surface area contributed by atoms with Crippen LogP contribution in [0, 0.1) is 11.6 Å². The van der Waals surface area contributed by atoms with E-state index in [1.54, 1.807) is 0 Å². The maximum atomic E-state index is 13.1. The average molecular weight is 332 g/mol. The predicted molar refractivity (Wildman–Crippen MR) is 73.4 cm³/mol. The van der Waals surface area contributed by atoms with Gasteiger partial charge in [-0.15, -0.1) is 0 Å². The van der Waals surface area contributed by atoms with Crippen LogP contribution >= 0.6 is 15.9 Å². The molecule has 1 aromatic carbocycles. The molecule has 1 aliphatic carbocycles. The van der Waals surface area contributed by atoms with Gasteiger partial charge in [0.15, 0.2) is 11.6 Å². The van der Waals surface area contributed by atoms with Crippen molar-refractivity contribution in [1.29, 1.82) is 0 Å². The summed E-state index contributed by atoms with van der Waals surface area (Å²) in [5.74, 6) is -2.29. The molecule has 0 saturated heterocycles. The molecule has 2 unspecified atom stereocenters. The van der Waals surface area contributed by atoms with Crippen molar-refractivity contribution < 1.29 is 13.6 Å². The molecule has 2 rings (SSSR count). The van der Waals surface area contributed by atoms with Gasteiger partial charge in [0.1, 0.15) is 0 Å². The average Bonchev–Trinajstić information content (AvgIpc) is 2.58.